The van der Waals surface area contributed by atoms with Gasteiger partial charge in [0.2, 0.25) is 5.91 Å². The number of nitrogens with one attached hydrogen (secondary N) is 2. The number of carbonyl (C=O) groups is 2. The molecule has 0 fully saturated rings. The van der Waals surface area contributed by atoms with Gasteiger partial charge in [0.05, 0.1) is 13.5 Å². The van der Waals surface area contributed by atoms with Gasteiger partial charge in [-0.25, -0.2) is 0 Å². The quantitative estimate of drug-likeness (QED) is 0.730. The molecule has 1 amide bonds. The zero-order valence-corrected chi connectivity index (χ0v) is 12.7. The molecule has 2 rings (SSSR count). The maximum absolute atomic E-state index is 12.1. The Morgan fingerprint density at radius 3 is 2.86 bits per heavy atom. The van der Waals surface area contributed by atoms with Crippen LogP contribution in [0.3, 0.4) is 0 Å². The van der Waals surface area contributed by atoms with Crippen molar-refractivity contribution in [3.8, 4) is 5.75 Å². The number of amides is 1. The normalized spacial score (nSPS) is 12.1. The number of fused-ring (bicyclic) bond motifs is 1. The van der Waals surface area contributed by atoms with Gasteiger partial charge < -0.3 is 20.1 Å². The van der Waals surface area contributed by atoms with Crippen molar-refractivity contribution < 1.29 is 19.4 Å². The van der Waals surface area contributed by atoms with Gasteiger partial charge in [0.15, 0.2) is 0 Å². The zero-order valence-electron chi connectivity index (χ0n) is 12.7. The fraction of sp³-hybridized carbons (Fsp3) is 0.375. The second-order valence-electron chi connectivity index (χ2n) is 5.27. The van der Waals surface area contributed by atoms with Crippen molar-refractivity contribution >= 4 is 22.8 Å². The van der Waals surface area contributed by atoms with Gasteiger partial charge >= 0.3 is 5.97 Å². The van der Waals surface area contributed by atoms with Crippen LogP contribution in [0.5, 0.6) is 5.75 Å². The van der Waals surface area contributed by atoms with Gasteiger partial charge in [0, 0.05) is 29.6 Å². The van der Waals surface area contributed by atoms with E-state index in [1.54, 1.807) is 20.2 Å². The van der Waals surface area contributed by atoms with Crippen LogP contribution in [-0.4, -0.2) is 35.1 Å². The van der Waals surface area contributed by atoms with Crippen molar-refractivity contribution in [1.82, 2.24) is 10.3 Å². The molecule has 6 heteroatoms. The van der Waals surface area contributed by atoms with Crippen LogP contribution in [0.15, 0.2) is 24.4 Å². The molecule has 0 saturated heterocycles. The second-order valence-corrected chi connectivity index (χ2v) is 5.27. The molecule has 118 valence electrons. The SMILES string of the molecule is COc1cccc2[nH]cc(CC(=O)NC(C)CCC(=O)O)c12. The Hall–Kier alpha value is -2.50. The van der Waals surface area contributed by atoms with Crippen LogP contribution in [0.1, 0.15) is 25.3 Å². The van der Waals surface area contributed by atoms with Crippen molar-refractivity contribution in [1.29, 1.82) is 0 Å². The Balaban J connectivity index is 2.04. The van der Waals surface area contributed by atoms with Gasteiger partial charge in [0.25, 0.3) is 0 Å². The molecular weight excluding hydrogens is 284 g/mol. The van der Waals surface area contributed by atoms with E-state index < -0.39 is 5.97 Å². The number of H-pyrrole nitrogens is 1. The second kappa shape index (κ2) is 6.98. The molecule has 22 heavy (non-hydrogen) atoms. The van der Waals surface area contributed by atoms with Crippen LogP contribution < -0.4 is 10.1 Å². The minimum atomic E-state index is -0.859. The predicted molar refractivity (Wildman–Crippen MR) is 83.0 cm³/mol. The topological polar surface area (TPSA) is 91.4 Å². The Labute approximate surface area is 128 Å². The molecule has 1 aromatic carbocycles. The Morgan fingerprint density at radius 2 is 2.18 bits per heavy atom. The fourth-order valence-electron chi connectivity index (χ4n) is 2.44. The number of carbonyl (C=O) groups excluding carboxylic acids is 1. The molecule has 1 aromatic heterocycles. The van der Waals surface area contributed by atoms with E-state index in [-0.39, 0.29) is 24.8 Å². The average molecular weight is 304 g/mol. The third kappa shape index (κ3) is 3.78. The highest BCUT2D eigenvalue weighted by molar-refractivity contribution is 5.93. The van der Waals surface area contributed by atoms with Crippen molar-refractivity contribution in [3.63, 3.8) is 0 Å². The van der Waals surface area contributed by atoms with E-state index in [1.807, 2.05) is 18.2 Å². The first-order valence-electron chi connectivity index (χ1n) is 7.15. The molecule has 0 radical (unpaired) electrons. The van der Waals surface area contributed by atoms with Gasteiger partial charge in [-0.3, -0.25) is 9.59 Å². The molecule has 0 aliphatic heterocycles. The number of carboxylic acids is 1. The minimum absolute atomic E-state index is 0.0440. The van der Waals surface area contributed by atoms with E-state index in [2.05, 4.69) is 10.3 Å². The van der Waals surface area contributed by atoms with Crippen molar-refractivity contribution in [2.45, 2.75) is 32.2 Å². The maximum Gasteiger partial charge on any atom is 0.303 e. The molecular formula is C16H20N2O4. The molecule has 6 nitrogen and oxygen atoms in total. The molecule has 1 unspecified atom stereocenters. The van der Waals surface area contributed by atoms with Crippen LogP contribution >= 0.6 is 0 Å². The summed E-state index contributed by atoms with van der Waals surface area (Å²) in [5.74, 6) is -0.271. The summed E-state index contributed by atoms with van der Waals surface area (Å²) < 4.78 is 5.34. The number of aromatic nitrogens is 1. The molecule has 1 atom stereocenters. The molecule has 0 aliphatic rings. The van der Waals surface area contributed by atoms with Crippen LogP contribution in [0.25, 0.3) is 10.9 Å². The first kappa shape index (κ1) is 15.9. The number of methoxy groups -OCH3 is 1. The Bertz CT molecular complexity index is 678. The lowest BCUT2D eigenvalue weighted by molar-refractivity contribution is -0.137. The Morgan fingerprint density at radius 1 is 1.41 bits per heavy atom. The summed E-state index contributed by atoms with van der Waals surface area (Å²) in [5, 5.41) is 12.4. The van der Waals surface area contributed by atoms with Gasteiger partial charge in [-0.2, -0.15) is 0 Å². The van der Waals surface area contributed by atoms with Gasteiger partial charge in [-0.05, 0) is 31.0 Å². The Kier molecular flexibility index (Phi) is 5.04. The van der Waals surface area contributed by atoms with Crippen LogP contribution in [0.4, 0.5) is 0 Å². The van der Waals surface area contributed by atoms with Crippen molar-refractivity contribution in [2.24, 2.45) is 0 Å². The summed E-state index contributed by atoms with van der Waals surface area (Å²) in [5.41, 5.74) is 1.77. The van der Waals surface area contributed by atoms with Gasteiger partial charge in [0.1, 0.15) is 5.75 Å². The van der Waals surface area contributed by atoms with Crippen molar-refractivity contribution in [2.75, 3.05) is 7.11 Å². The summed E-state index contributed by atoms with van der Waals surface area (Å²) in [6.45, 7) is 1.80. The lowest BCUT2D eigenvalue weighted by atomic mass is 10.1. The molecule has 1 heterocycles. The number of hydrogen-bond donors (Lipinski definition) is 3. The number of carboxylic acid groups (broad SMARTS) is 1. The molecule has 0 aliphatic carbocycles. The highest BCUT2D eigenvalue weighted by atomic mass is 16.5. The summed E-state index contributed by atoms with van der Waals surface area (Å²) in [4.78, 5) is 25.8. The van der Waals surface area contributed by atoms with Crippen LogP contribution in [0, 0.1) is 0 Å². The number of rotatable bonds is 7. The number of aromatic amines is 1. The molecule has 0 bridgehead atoms. The van der Waals surface area contributed by atoms with Gasteiger partial charge in [-0.15, -0.1) is 0 Å². The predicted octanol–water partition coefficient (Wildman–Crippen LogP) is 2.09. The maximum atomic E-state index is 12.1. The smallest absolute Gasteiger partial charge is 0.303 e. The third-order valence-electron chi connectivity index (χ3n) is 3.52. The number of benzene rings is 1. The molecule has 0 spiro atoms. The first-order chi connectivity index (χ1) is 10.5. The lowest BCUT2D eigenvalue weighted by Gasteiger charge is -2.12. The van der Waals surface area contributed by atoms with Crippen molar-refractivity contribution in [3.05, 3.63) is 30.0 Å². The van der Waals surface area contributed by atoms with E-state index >= 15 is 0 Å². The van der Waals surface area contributed by atoms with Crippen LogP contribution in [-0.2, 0) is 16.0 Å². The molecule has 0 saturated carbocycles. The largest absolute Gasteiger partial charge is 0.496 e. The summed E-state index contributed by atoms with van der Waals surface area (Å²) in [7, 11) is 1.60. The van der Waals surface area contributed by atoms with E-state index in [0.29, 0.717) is 6.42 Å². The standard InChI is InChI=1S/C16H20N2O4/c1-10(6-7-15(20)21)18-14(19)8-11-9-17-12-4-3-5-13(22-2)16(11)12/h3-5,9-10,17H,6-8H2,1-2H3,(H,18,19)(H,20,21). The summed E-state index contributed by atoms with van der Waals surface area (Å²) in [6.07, 6.45) is 2.48. The highest BCUT2D eigenvalue weighted by Crippen LogP contribution is 2.28. The summed E-state index contributed by atoms with van der Waals surface area (Å²) >= 11 is 0. The minimum Gasteiger partial charge on any atom is -0.496 e. The van der Waals surface area contributed by atoms with E-state index in [0.717, 1.165) is 22.2 Å². The third-order valence-corrected chi connectivity index (χ3v) is 3.52. The monoisotopic (exact) mass is 304 g/mol. The van der Waals surface area contributed by atoms with E-state index in [4.69, 9.17) is 9.84 Å². The first-order valence-corrected chi connectivity index (χ1v) is 7.15. The summed E-state index contributed by atoms with van der Waals surface area (Å²) in [6, 6.07) is 5.49. The molecule has 2 aromatic rings. The fourth-order valence-corrected chi connectivity index (χ4v) is 2.44. The average Bonchev–Trinajstić information content (AvgIpc) is 2.88. The molecule has 3 N–H and O–H groups in total. The highest BCUT2D eigenvalue weighted by Gasteiger charge is 2.14. The number of aliphatic carboxylic acids is 1. The van der Waals surface area contributed by atoms with E-state index in [1.165, 1.54) is 0 Å². The van der Waals surface area contributed by atoms with Crippen LogP contribution in [0.2, 0.25) is 0 Å². The number of hydrogen-bond acceptors (Lipinski definition) is 3. The lowest BCUT2D eigenvalue weighted by Crippen LogP contribution is -2.34. The van der Waals surface area contributed by atoms with Gasteiger partial charge in [-0.1, -0.05) is 6.07 Å². The number of ether oxygens (including phenoxy) is 1. The zero-order chi connectivity index (χ0) is 16.1. The van der Waals surface area contributed by atoms with E-state index in [9.17, 15) is 9.59 Å².